The van der Waals surface area contributed by atoms with Gasteiger partial charge in [-0.25, -0.2) is 0 Å². The van der Waals surface area contributed by atoms with E-state index < -0.39 is 11.7 Å². The van der Waals surface area contributed by atoms with E-state index in [-0.39, 0.29) is 29.9 Å². The Morgan fingerprint density at radius 3 is 2.73 bits per heavy atom. The van der Waals surface area contributed by atoms with Crippen LogP contribution in [0.2, 0.25) is 0 Å². The molecule has 1 amide bonds. The van der Waals surface area contributed by atoms with Crippen molar-refractivity contribution in [2.45, 2.75) is 32.6 Å². The van der Waals surface area contributed by atoms with Crippen molar-refractivity contribution in [3.05, 3.63) is 29.8 Å². The van der Waals surface area contributed by atoms with Gasteiger partial charge < -0.3 is 5.32 Å². The molecule has 0 unspecified atom stereocenters. The average Bonchev–Trinajstić information content (AvgIpc) is 2.85. The van der Waals surface area contributed by atoms with Gasteiger partial charge in [0.1, 0.15) is 6.54 Å². The third kappa shape index (κ3) is 4.03. The maximum Gasteiger partial charge on any atom is 0.416 e. The quantitative estimate of drug-likeness (QED) is 0.935. The molecule has 0 radical (unpaired) electrons. The Kier molecular flexibility index (Phi) is 4.43. The van der Waals surface area contributed by atoms with Gasteiger partial charge in [-0.15, -0.1) is 10.2 Å². The van der Waals surface area contributed by atoms with Gasteiger partial charge in [0, 0.05) is 11.6 Å². The lowest BCUT2D eigenvalue weighted by molar-refractivity contribution is -0.137. The highest BCUT2D eigenvalue weighted by molar-refractivity contribution is 5.75. The van der Waals surface area contributed by atoms with E-state index in [1.54, 1.807) is 13.8 Å². The first-order valence-electron chi connectivity index (χ1n) is 6.50. The molecule has 0 saturated carbocycles. The van der Waals surface area contributed by atoms with Crippen molar-refractivity contribution in [3.63, 3.8) is 0 Å². The Bertz CT molecular complexity index is 666. The van der Waals surface area contributed by atoms with Crippen LogP contribution in [-0.2, 0) is 17.5 Å². The van der Waals surface area contributed by atoms with Gasteiger partial charge in [-0.1, -0.05) is 12.1 Å². The van der Waals surface area contributed by atoms with Crippen molar-refractivity contribution >= 4 is 5.91 Å². The molecule has 1 aromatic heterocycles. The fourth-order valence-corrected chi connectivity index (χ4v) is 1.76. The fourth-order valence-electron chi connectivity index (χ4n) is 1.76. The van der Waals surface area contributed by atoms with Crippen molar-refractivity contribution in [2.75, 3.05) is 0 Å². The molecule has 0 bridgehead atoms. The minimum Gasteiger partial charge on any atom is -0.352 e. The zero-order chi connectivity index (χ0) is 16.3. The first-order chi connectivity index (χ1) is 10.3. The molecule has 1 aromatic carbocycles. The van der Waals surface area contributed by atoms with E-state index in [1.807, 2.05) is 0 Å². The summed E-state index contributed by atoms with van der Waals surface area (Å²) < 4.78 is 38.0. The molecule has 0 fully saturated rings. The Labute approximate surface area is 124 Å². The predicted octanol–water partition coefficient (Wildman–Crippen LogP) is 1.88. The molecular formula is C13H14F3N5O. The number of tetrazole rings is 1. The predicted molar refractivity (Wildman–Crippen MR) is 71.5 cm³/mol. The highest BCUT2D eigenvalue weighted by atomic mass is 19.4. The van der Waals surface area contributed by atoms with Gasteiger partial charge in [-0.2, -0.15) is 18.0 Å². The van der Waals surface area contributed by atoms with E-state index in [2.05, 4.69) is 20.7 Å². The summed E-state index contributed by atoms with van der Waals surface area (Å²) in [5.74, 6) is -0.272. The van der Waals surface area contributed by atoms with Crippen molar-refractivity contribution in [1.82, 2.24) is 25.5 Å². The zero-order valence-electron chi connectivity index (χ0n) is 11.9. The van der Waals surface area contributed by atoms with Gasteiger partial charge in [0.05, 0.1) is 5.56 Å². The molecular weight excluding hydrogens is 299 g/mol. The molecule has 0 atom stereocenters. The molecule has 0 saturated heterocycles. The SMILES string of the molecule is CC(C)NC(=O)Cn1nnc(-c2cccc(C(F)(F)F)c2)n1. The van der Waals surface area contributed by atoms with Crippen LogP contribution < -0.4 is 5.32 Å². The minimum atomic E-state index is -4.44. The number of rotatable bonds is 4. The number of aromatic nitrogens is 4. The number of hydrogen-bond donors (Lipinski definition) is 1. The van der Waals surface area contributed by atoms with Crippen molar-refractivity contribution in [2.24, 2.45) is 0 Å². The number of carbonyl (C=O) groups excluding carboxylic acids is 1. The molecule has 1 heterocycles. The van der Waals surface area contributed by atoms with E-state index in [9.17, 15) is 18.0 Å². The second-order valence-corrected chi connectivity index (χ2v) is 4.94. The Hall–Kier alpha value is -2.45. The molecule has 9 heteroatoms. The molecule has 22 heavy (non-hydrogen) atoms. The highest BCUT2D eigenvalue weighted by Crippen LogP contribution is 2.31. The molecule has 1 N–H and O–H groups in total. The van der Waals surface area contributed by atoms with Crippen LogP contribution in [0.3, 0.4) is 0 Å². The standard InChI is InChI=1S/C13H14F3N5O/c1-8(2)17-11(22)7-21-19-12(18-20-21)9-4-3-5-10(6-9)13(14,15)16/h3-6,8H,7H2,1-2H3,(H,17,22). The van der Waals surface area contributed by atoms with E-state index in [1.165, 1.54) is 12.1 Å². The number of halogens is 3. The monoisotopic (exact) mass is 313 g/mol. The fraction of sp³-hybridized carbons (Fsp3) is 0.385. The number of nitrogens with zero attached hydrogens (tertiary/aromatic N) is 4. The Morgan fingerprint density at radius 2 is 2.09 bits per heavy atom. The van der Waals surface area contributed by atoms with Crippen LogP contribution in [0, 0.1) is 0 Å². The molecule has 2 rings (SSSR count). The van der Waals surface area contributed by atoms with Crippen molar-refractivity contribution in [3.8, 4) is 11.4 Å². The van der Waals surface area contributed by atoms with Crippen LogP contribution in [0.25, 0.3) is 11.4 Å². The van der Waals surface area contributed by atoms with Crippen molar-refractivity contribution < 1.29 is 18.0 Å². The summed E-state index contributed by atoms with van der Waals surface area (Å²) in [6.07, 6.45) is -4.44. The van der Waals surface area contributed by atoms with E-state index >= 15 is 0 Å². The summed E-state index contributed by atoms with van der Waals surface area (Å²) in [5, 5.41) is 13.9. The number of alkyl halides is 3. The highest BCUT2D eigenvalue weighted by Gasteiger charge is 2.30. The maximum absolute atomic E-state index is 12.7. The van der Waals surface area contributed by atoms with Crippen LogP contribution in [0.1, 0.15) is 19.4 Å². The molecule has 0 aliphatic rings. The smallest absolute Gasteiger partial charge is 0.352 e. The van der Waals surface area contributed by atoms with Crippen LogP contribution in [0.5, 0.6) is 0 Å². The Morgan fingerprint density at radius 1 is 1.36 bits per heavy atom. The number of hydrogen-bond acceptors (Lipinski definition) is 4. The summed E-state index contributed by atoms with van der Waals surface area (Å²) in [7, 11) is 0. The average molecular weight is 313 g/mol. The van der Waals surface area contributed by atoms with Gasteiger partial charge >= 0.3 is 6.18 Å². The molecule has 118 valence electrons. The summed E-state index contributed by atoms with van der Waals surface area (Å²) >= 11 is 0. The van der Waals surface area contributed by atoms with E-state index in [0.717, 1.165) is 16.9 Å². The van der Waals surface area contributed by atoms with E-state index in [4.69, 9.17) is 0 Å². The van der Waals surface area contributed by atoms with Gasteiger partial charge in [0.25, 0.3) is 0 Å². The summed E-state index contributed by atoms with van der Waals surface area (Å²) in [4.78, 5) is 12.6. The molecule has 0 aliphatic carbocycles. The minimum absolute atomic E-state index is 0.0287. The third-order valence-electron chi connectivity index (χ3n) is 2.64. The second kappa shape index (κ2) is 6.12. The lowest BCUT2D eigenvalue weighted by Crippen LogP contribution is -2.33. The number of carbonyl (C=O) groups is 1. The third-order valence-corrected chi connectivity index (χ3v) is 2.64. The molecule has 6 nitrogen and oxygen atoms in total. The van der Waals surface area contributed by atoms with Crippen molar-refractivity contribution in [1.29, 1.82) is 0 Å². The summed E-state index contributed by atoms with van der Waals surface area (Å²) in [6.45, 7) is 3.46. The molecule has 0 spiro atoms. The van der Waals surface area contributed by atoms with E-state index in [0.29, 0.717) is 0 Å². The molecule has 0 aliphatic heterocycles. The Balaban J connectivity index is 2.16. The van der Waals surface area contributed by atoms with Crippen LogP contribution in [0.15, 0.2) is 24.3 Å². The van der Waals surface area contributed by atoms with Gasteiger partial charge in [0.2, 0.25) is 11.7 Å². The summed E-state index contributed by atoms with van der Waals surface area (Å²) in [6, 6.07) is 4.59. The first-order valence-corrected chi connectivity index (χ1v) is 6.50. The molecule has 2 aromatic rings. The maximum atomic E-state index is 12.7. The van der Waals surface area contributed by atoms with Gasteiger partial charge in [0.15, 0.2) is 0 Å². The number of nitrogens with one attached hydrogen (secondary N) is 1. The number of benzene rings is 1. The van der Waals surface area contributed by atoms with Gasteiger partial charge in [-0.05, 0) is 31.2 Å². The zero-order valence-corrected chi connectivity index (χ0v) is 11.9. The van der Waals surface area contributed by atoms with Crippen LogP contribution in [0.4, 0.5) is 13.2 Å². The van der Waals surface area contributed by atoms with Crippen LogP contribution in [-0.4, -0.2) is 32.2 Å². The largest absolute Gasteiger partial charge is 0.416 e. The summed E-state index contributed by atoms with van der Waals surface area (Å²) in [5.41, 5.74) is -0.607. The lowest BCUT2D eigenvalue weighted by atomic mass is 10.1. The lowest BCUT2D eigenvalue weighted by Gasteiger charge is -2.07. The number of amides is 1. The topological polar surface area (TPSA) is 72.7 Å². The normalized spacial score (nSPS) is 11.7. The van der Waals surface area contributed by atoms with Crippen LogP contribution >= 0.6 is 0 Å². The first kappa shape index (κ1) is 15.9. The van der Waals surface area contributed by atoms with Gasteiger partial charge in [-0.3, -0.25) is 4.79 Å². The second-order valence-electron chi connectivity index (χ2n) is 4.94.